The van der Waals surface area contributed by atoms with Crippen LogP contribution in [0.1, 0.15) is 37.1 Å². The maximum Gasteiger partial charge on any atom is 0.126 e. The molecule has 1 heterocycles. The molecule has 0 bridgehead atoms. The fourth-order valence-electron chi connectivity index (χ4n) is 2.79. The first-order valence-electron chi connectivity index (χ1n) is 6.73. The number of alkyl halides is 1. The van der Waals surface area contributed by atoms with Crippen molar-refractivity contribution in [3.63, 3.8) is 0 Å². The van der Waals surface area contributed by atoms with Crippen LogP contribution in [0.2, 0.25) is 0 Å². The van der Waals surface area contributed by atoms with Crippen molar-refractivity contribution in [1.82, 2.24) is 5.32 Å². The third-order valence-electron chi connectivity index (χ3n) is 3.74. The van der Waals surface area contributed by atoms with E-state index in [9.17, 15) is 4.39 Å². The quantitative estimate of drug-likeness (QED) is 0.886. The van der Waals surface area contributed by atoms with Crippen molar-refractivity contribution in [2.45, 2.75) is 32.4 Å². The Morgan fingerprint density at radius 3 is 2.72 bits per heavy atom. The molecular formula is C15H22FNO. The third kappa shape index (κ3) is 3.02. The fraction of sp³-hybridized carbons (Fsp3) is 0.600. The van der Waals surface area contributed by atoms with E-state index in [4.69, 9.17) is 4.74 Å². The maximum absolute atomic E-state index is 13.8. The van der Waals surface area contributed by atoms with Crippen LogP contribution in [0.25, 0.3) is 0 Å². The molecule has 3 heteroatoms. The number of nitrogens with one attached hydrogen (secondary N) is 1. The van der Waals surface area contributed by atoms with Crippen LogP contribution in [-0.4, -0.2) is 20.2 Å². The average Bonchev–Trinajstić information content (AvgIpc) is 2.39. The van der Waals surface area contributed by atoms with Crippen LogP contribution in [0.15, 0.2) is 18.2 Å². The number of rotatable bonds is 4. The van der Waals surface area contributed by atoms with E-state index in [0.717, 1.165) is 30.6 Å². The van der Waals surface area contributed by atoms with Crippen molar-refractivity contribution in [2.75, 3.05) is 20.2 Å². The molecule has 1 aliphatic heterocycles. The summed E-state index contributed by atoms with van der Waals surface area (Å²) in [6.07, 6.45) is 2.34. The van der Waals surface area contributed by atoms with Crippen LogP contribution < -0.4 is 10.1 Å². The van der Waals surface area contributed by atoms with Gasteiger partial charge in [0.1, 0.15) is 11.9 Å². The molecule has 2 rings (SSSR count). The lowest BCUT2D eigenvalue weighted by Gasteiger charge is -2.24. The summed E-state index contributed by atoms with van der Waals surface area (Å²) in [6.45, 7) is 3.74. The summed E-state index contributed by atoms with van der Waals surface area (Å²) in [5.74, 6) is 1.34. The smallest absolute Gasteiger partial charge is 0.126 e. The van der Waals surface area contributed by atoms with Gasteiger partial charge in [-0.15, -0.1) is 0 Å². The molecule has 0 amide bonds. The van der Waals surface area contributed by atoms with Gasteiger partial charge in [0.05, 0.1) is 7.11 Å². The van der Waals surface area contributed by atoms with Gasteiger partial charge in [-0.05, 0) is 56.8 Å². The molecule has 0 aromatic heterocycles. The zero-order valence-corrected chi connectivity index (χ0v) is 11.2. The van der Waals surface area contributed by atoms with E-state index >= 15 is 0 Å². The monoisotopic (exact) mass is 251 g/mol. The van der Waals surface area contributed by atoms with Crippen LogP contribution >= 0.6 is 0 Å². The number of halogens is 1. The average molecular weight is 251 g/mol. The van der Waals surface area contributed by atoms with Crippen molar-refractivity contribution in [1.29, 1.82) is 0 Å². The van der Waals surface area contributed by atoms with Gasteiger partial charge in [0.25, 0.3) is 0 Å². The lowest BCUT2D eigenvalue weighted by molar-refractivity contribution is 0.336. The number of hydrogen-bond acceptors (Lipinski definition) is 2. The van der Waals surface area contributed by atoms with Gasteiger partial charge in [-0.3, -0.25) is 0 Å². The standard InChI is InChI=1S/C15H22FNO/c1-11(16)15-13(4-3-5-14(15)18-2)10-12-6-8-17-9-7-12/h3-5,11-12,17H,6-10H2,1-2H3. The van der Waals surface area contributed by atoms with Gasteiger partial charge in [0.2, 0.25) is 0 Å². The van der Waals surface area contributed by atoms with Crippen molar-refractivity contribution >= 4 is 0 Å². The Balaban J connectivity index is 2.20. The predicted molar refractivity (Wildman–Crippen MR) is 71.8 cm³/mol. The van der Waals surface area contributed by atoms with Crippen LogP contribution in [-0.2, 0) is 6.42 Å². The Bertz CT molecular complexity index is 386. The third-order valence-corrected chi connectivity index (χ3v) is 3.74. The van der Waals surface area contributed by atoms with Crippen LogP contribution in [0, 0.1) is 5.92 Å². The Kier molecular flexibility index (Phi) is 4.59. The van der Waals surface area contributed by atoms with Crippen molar-refractivity contribution in [3.05, 3.63) is 29.3 Å². The summed E-state index contributed by atoms with van der Waals surface area (Å²) in [6, 6.07) is 5.84. The van der Waals surface area contributed by atoms with Gasteiger partial charge in [-0.2, -0.15) is 0 Å². The molecule has 0 saturated carbocycles. The zero-order valence-electron chi connectivity index (χ0n) is 11.2. The minimum Gasteiger partial charge on any atom is -0.496 e. The van der Waals surface area contributed by atoms with E-state index in [1.165, 1.54) is 12.8 Å². The van der Waals surface area contributed by atoms with Crippen LogP contribution in [0.5, 0.6) is 5.75 Å². The SMILES string of the molecule is COc1cccc(CC2CCNCC2)c1C(C)F. The lowest BCUT2D eigenvalue weighted by Crippen LogP contribution is -2.28. The Morgan fingerprint density at radius 1 is 1.39 bits per heavy atom. The highest BCUT2D eigenvalue weighted by molar-refractivity contribution is 5.42. The highest BCUT2D eigenvalue weighted by Crippen LogP contribution is 2.33. The number of piperidine rings is 1. The molecule has 0 aliphatic carbocycles. The Hall–Kier alpha value is -1.09. The maximum atomic E-state index is 13.8. The molecule has 1 aliphatic rings. The number of benzene rings is 1. The van der Waals surface area contributed by atoms with Crippen molar-refractivity contribution < 1.29 is 9.13 Å². The number of methoxy groups -OCH3 is 1. The summed E-state index contributed by atoms with van der Waals surface area (Å²) < 4.78 is 19.1. The Morgan fingerprint density at radius 2 is 2.11 bits per heavy atom. The lowest BCUT2D eigenvalue weighted by atomic mass is 9.88. The zero-order chi connectivity index (χ0) is 13.0. The van der Waals surface area contributed by atoms with Crippen molar-refractivity contribution in [3.8, 4) is 5.75 Å². The molecule has 1 unspecified atom stereocenters. The molecule has 1 atom stereocenters. The summed E-state index contributed by atoms with van der Waals surface area (Å²) in [4.78, 5) is 0. The van der Waals surface area contributed by atoms with Crippen LogP contribution in [0.4, 0.5) is 4.39 Å². The summed E-state index contributed by atoms with van der Waals surface area (Å²) in [5, 5.41) is 3.36. The first kappa shape index (κ1) is 13.3. The summed E-state index contributed by atoms with van der Waals surface area (Å²) >= 11 is 0. The second-order valence-corrected chi connectivity index (χ2v) is 5.05. The first-order chi connectivity index (χ1) is 8.72. The molecule has 18 heavy (non-hydrogen) atoms. The van der Waals surface area contributed by atoms with Gasteiger partial charge >= 0.3 is 0 Å². The molecule has 1 aromatic carbocycles. The van der Waals surface area contributed by atoms with Crippen molar-refractivity contribution in [2.24, 2.45) is 5.92 Å². The summed E-state index contributed by atoms with van der Waals surface area (Å²) in [7, 11) is 1.61. The minimum absolute atomic E-state index is 0.663. The topological polar surface area (TPSA) is 21.3 Å². The van der Waals surface area contributed by atoms with E-state index in [0.29, 0.717) is 11.7 Å². The largest absolute Gasteiger partial charge is 0.496 e. The van der Waals surface area contributed by atoms with Crippen LogP contribution in [0.3, 0.4) is 0 Å². The molecule has 2 nitrogen and oxygen atoms in total. The molecular weight excluding hydrogens is 229 g/mol. The van der Waals surface area contributed by atoms with Gasteiger partial charge < -0.3 is 10.1 Å². The molecule has 0 spiro atoms. The number of ether oxygens (including phenoxy) is 1. The van der Waals surface area contributed by atoms with E-state index < -0.39 is 6.17 Å². The van der Waals surface area contributed by atoms with Gasteiger partial charge in [-0.1, -0.05) is 12.1 Å². The predicted octanol–water partition coefficient (Wildman–Crippen LogP) is 3.27. The Labute approximate surface area is 109 Å². The molecule has 0 radical (unpaired) electrons. The molecule has 100 valence electrons. The van der Waals surface area contributed by atoms with E-state index in [1.807, 2.05) is 18.2 Å². The van der Waals surface area contributed by atoms with Gasteiger partial charge in [0.15, 0.2) is 0 Å². The number of hydrogen-bond donors (Lipinski definition) is 1. The van der Waals surface area contributed by atoms with E-state index in [2.05, 4.69) is 5.32 Å². The molecule has 1 fully saturated rings. The normalized spacial score (nSPS) is 18.6. The second kappa shape index (κ2) is 6.19. The molecule has 1 aromatic rings. The van der Waals surface area contributed by atoms with E-state index in [-0.39, 0.29) is 0 Å². The van der Waals surface area contributed by atoms with E-state index in [1.54, 1.807) is 14.0 Å². The highest BCUT2D eigenvalue weighted by Gasteiger charge is 2.19. The van der Waals surface area contributed by atoms with Gasteiger partial charge in [-0.25, -0.2) is 4.39 Å². The fourth-order valence-corrected chi connectivity index (χ4v) is 2.79. The minimum atomic E-state index is -0.974. The first-order valence-corrected chi connectivity index (χ1v) is 6.73. The summed E-state index contributed by atoms with van der Waals surface area (Å²) in [5.41, 5.74) is 1.84. The van der Waals surface area contributed by atoms with Gasteiger partial charge in [0, 0.05) is 5.56 Å². The highest BCUT2D eigenvalue weighted by atomic mass is 19.1. The second-order valence-electron chi connectivity index (χ2n) is 5.05. The molecule has 1 N–H and O–H groups in total. The molecule has 1 saturated heterocycles.